The average molecular weight is 565 g/mol. The molecule has 0 bridgehead atoms. The number of ether oxygens (including phenoxy) is 4. The number of amides is 4. The van der Waals surface area contributed by atoms with Gasteiger partial charge in [0.2, 0.25) is 0 Å². The molecule has 9 nitrogen and oxygen atoms in total. The molecule has 0 saturated carbocycles. The molecule has 1 aliphatic rings. The molecule has 1 fully saturated rings. The minimum atomic E-state index is -0.805. The molecule has 4 rings (SSSR count). The van der Waals surface area contributed by atoms with Gasteiger partial charge in [0.25, 0.3) is 11.8 Å². The first-order valence-corrected chi connectivity index (χ1v) is 12.9. The Labute approximate surface area is 237 Å². The van der Waals surface area contributed by atoms with Crippen molar-refractivity contribution in [2.75, 3.05) is 20.8 Å². The smallest absolute Gasteiger partial charge is 0.331 e. The summed E-state index contributed by atoms with van der Waals surface area (Å²) in [6.45, 7) is 2.75. The van der Waals surface area contributed by atoms with Crippen molar-refractivity contribution in [3.05, 3.63) is 87.9 Å². The number of urea groups is 1. The third kappa shape index (κ3) is 6.73. The standard InChI is InChI=1S/C30H29ClN2O7/c1-4-13-39-24-12-8-21(16-27(24)38-3)17-33-29(35)23(28(34)32-30(33)36)14-20-7-11-25(26(15-20)37-2)40-18-19-5-9-22(31)10-6-19/h5-12,14-16H,4,13,17-18H2,1-3H3,(H,32,34,36). The highest BCUT2D eigenvalue weighted by molar-refractivity contribution is 6.31. The van der Waals surface area contributed by atoms with Crippen molar-refractivity contribution in [3.63, 3.8) is 0 Å². The molecule has 4 amide bonds. The largest absolute Gasteiger partial charge is 0.493 e. The van der Waals surface area contributed by atoms with Crippen molar-refractivity contribution in [1.29, 1.82) is 0 Å². The number of methoxy groups -OCH3 is 2. The van der Waals surface area contributed by atoms with Crippen molar-refractivity contribution in [2.24, 2.45) is 0 Å². The van der Waals surface area contributed by atoms with E-state index in [1.165, 1.54) is 20.3 Å². The van der Waals surface area contributed by atoms with E-state index >= 15 is 0 Å². The fraction of sp³-hybridized carbons (Fsp3) is 0.233. The van der Waals surface area contributed by atoms with Gasteiger partial charge in [-0.1, -0.05) is 42.8 Å². The van der Waals surface area contributed by atoms with Crippen molar-refractivity contribution >= 4 is 35.5 Å². The van der Waals surface area contributed by atoms with Crippen molar-refractivity contribution in [2.45, 2.75) is 26.5 Å². The molecular weight excluding hydrogens is 536 g/mol. The van der Waals surface area contributed by atoms with Crippen molar-refractivity contribution in [1.82, 2.24) is 10.2 Å². The molecule has 1 N–H and O–H groups in total. The normalized spacial score (nSPS) is 14.2. The summed E-state index contributed by atoms with van der Waals surface area (Å²) >= 11 is 5.94. The predicted molar refractivity (Wildman–Crippen MR) is 150 cm³/mol. The van der Waals surface area contributed by atoms with E-state index in [9.17, 15) is 14.4 Å². The summed E-state index contributed by atoms with van der Waals surface area (Å²) in [6, 6.07) is 16.6. The van der Waals surface area contributed by atoms with E-state index < -0.39 is 17.8 Å². The number of hydrogen-bond acceptors (Lipinski definition) is 7. The Morgan fingerprint density at radius 2 is 1.48 bits per heavy atom. The molecule has 1 aliphatic heterocycles. The van der Waals surface area contributed by atoms with Crippen LogP contribution in [0.5, 0.6) is 23.0 Å². The summed E-state index contributed by atoms with van der Waals surface area (Å²) in [4.78, 5) is 39.4. The van der Waals surface area contributed by atoms with Crippen LogP contribution in [0.3, 0.4) is 0 Å². The monoisotopic (exact) mass is 564 g/mol. The van der Waals surface area contributed by atoms with Gasteiger partial charge in [-0.3, -0.25) is 19.8 Å². The van der Waals surface area contributed by atoms with E-state index in [1.807, 2.05) is 19.1 Å². The molecule has 10 heteroatoms. The lowest BCUT2D eigenvalue weighted by molar-refractivity contribution is -0.130. The molecule has 0 unspecified atom stereocenters. The Hall–Kier alpha value is -4.50. The van der Waals surface area contributed by atoms with E-state index in [1.54, 1.807) is 48.5 Å². The van der Waals surface area contributed by atoms with Crippen LogP contribution in [0.15, 0.2) is 66.2 Å². The summed E-state index contributed by atoms with van der Waals surface area (Å²) < 4.78 is 22.4. The molecular formula is C30H29ClN2O7. The first-order chi connectivity index (χ1) is 19.3. The summed E-state index contributed by atoms with van der Waals surface area (Å²) in [7, 11) is 3.01. The summed E-state index contributed by atoms with van der Waals surface area (Å²) in [6.07, 6.45) is 2.24. The zero-order valence-corrected chi connectivity index (χ0v) is 23.1. The molecule has 3 aromatic rings. The lowest BCUT2D eigenvalue weighted by atomic mass is 10.1. The molecule has 0 spiro atoms. The number of carbonyl (C=O) groups excluding carboxylic acids is 3. The maximum absolute atomic E-state index is 13.3. The number of carbonyl (C=O) groups is 3. The Kier molecular flexibility index (Phi) is 9.29. The zero-order valence-electron chi connectivity index (χ0n) is 22.4. The molecule has 208 valence electrons. The van der Waals surface area contributed by atoms with Gasteiger partial charge in [-0.2, -0.15) is 0 Å². The van der Waals surface area contributed by atoms with Gasteiger partial charge in [0, 0.05) is 5.02 Å². The number of hydrogen-bond donors (Lipinski definition) is 1. The molecule has 1 heterocycles. The second kappa shape index (κ2) is 13.0. The highest BCUT2D eigenvalue weighted by Gasteiger charge is 2.35. The molecule has 0 aromatic heterocycles. The fourth-order valence-electron chi connectivity index (χ4n) is 3.96. The second-order valence-electron chi connectivity index (χ2n) is 8.87. The van der Waals surface area contributed by atoms with Crippen LogP contribution >= 0.6 is 11.6 Å². The fourth-order valence-corrected chi connectivity index (χ4v) is 4.09. The lowest BCUT2D eigenvalue weighted by Gasteiger charge is -2.26. The topological polar surface area (TPSA) is 103 Å². The Balaban J connectivity index is 1.52. The zero-order chi connectivity index (χ0) is 28.6. The first kappa shape index (κ1) is 28.5. The van der Waals surface area contributed by atoms with Crippen LogP contribution in [0, 0.1) is 0 Å². The number of nitrogens with zero attached hydrogens (tertiary/aromatic N) is 1. The van der Waals surface area contributed by atoms with Crippen LogP contribution in [-0.2, 0) is 22.7 Å². The molecule has 0 atom stereocenters. The van der Waals surface area contributed by atoms with Crippen LogP contribution in [-0.4, -0.2) is 43.6 Å². The van der Waals surface area contributed by atoms with Crippen LogP contribution in [0.25, 0.3) is 6.08 Å². The highest BCUT2D eigenvalue weighted by Crippen LogP contribution is 2.31. The van der Waals surface area contributed by atoms with Gasteiger partial charge in [-0.25, -0.2) is 4.79 Å². The predicted octanol–water partition coefficient (Wildman–Crippen LogP) is 5.39. The van der Waals surface area contributed by atoms with Gasteiger partial charge in [0.05, 0.1) is 27.4 Å². The SMILES string of the molecule is CCCOc1ccc(CN2C(=O)NC(=O)C(=Cc3ccc(OCc4ccc(Cl)cc4)c(OC)c3)C2=O)cc1OC. The van der Waals surface area contributed by atoms with Gasteiger partial charge in [-0.15, -0.1) is 0 Å². The number of rotatable bonds is 11. The number of benzene rings is 3. The highest BCUT2D eigenvalue weighted by atomic mass is 35.5. The molecule has 1 saturated heterocycles. The first-order valence-electron chi connectivity index (χ1n) is 12.6. The lowest BCUT2D eigenvalue weighted by Crippen LogP contribution is -2.53. The minimum Gasteiger partial charge on any atom is -0.493 e. The van der Waals surface area contributed by atoms with Crippen LogP contribution < -0.4 is 24.3 Å². The summed E-state index contributed by atoms with van der Waals surface area (Å²) in [5, 5.41) is 2.87. The van der Waals surface area contributed by atoms with Gasteiger partial charge >= 0.3 is 6.03 Å². The van der Waals surface area contributed by atoms with Crippen molar-refractivity contribution in [3.8, 4) is 23.0 Å². The number of barbiturate groups is 1. The van der Waals surface area contributed by atoms with E-state index in [0.717, 1.165) is 16.9 Å². The van der Waals surface area contributed by atoms with Crippen LogP contribution in [0.4, 0.5) is 4.79 Å². The van der Waals surface area contributed by atoms with E-state index in [2.05, 4.69) is 5.32 Å². The van der Waals surface area contributed by atoms with Gasteiger partial charge in [0.15, 0.2) is 23.0 Å². The maximum Gasteiger partial charge on any atom is 0.331 e. The third-order valence-corrected chi connectivity index (χ3v) is 6.27. The van der Waals surface area contributed by atoms with Gasteiger partial charge in [0.1, 0.15) is 12.2 Å². The molecule has 3 aromatic carbocycles. The summed E-state index contributed by atoms with van der Waals surface area (Å²) in [5.41, 5.74) is 1.88. The van der Waals surface area contributed by atoms with E-state index in [0.29, 0.717) is 52.4 Å². The Morgan fingerprint density at radius 1 is 0.825 bits per heavy atom. The Morgan fingerprint density at radius 3 is 2.17 bits per heavy atom. The molecule has 0 radical (unpaired) electrons. The average Bonchev–Trinajstić information content (AvgIpc) is 2.96. The van der Waals surface area contributed by atoms with Gasteiger partial charge < -0.3 is 18.9 Å². The Bertz CT molecular complexity index is 1440. The van der Waals surface area contributed by atoms with Crippen LogP contribution in [0.2, 0.25) is 5.02 Å². The summed E-state index contributed by atoms with van der Waals surface area (Å²) in [5.74, 6) is 0.435. The maximum atomic E-state index is 13.3. The second-order valence-corrected chi connectivity index (χ2v) is 9.30. The van der Waals surface area contributed by atoms with E-state index in [-0.39, 0.29) is 12.1 Å². The van der Waals surface area contributed by atoms with Gasteiger partial charge in [-0.05, 0) is 65.6 Å². The minimum absolute atomic E-state index is 0.0689. The van der Waals surface area contributed by atoms with E-state index in [4.69, 9.17) is 30.5 Å². The third-order valence-electron chi connectivity index (χ3n) is 6.02. The number of imide groups is 2. The number of nitrogens with one attached hydrogen (secondary N) is 1. The number of halogens is 1. The quantitative estimate of drug-likeness (QED) is 0.246. The molecule has 0 aliphatic carbocycles. The van der Waals surface area contributed by atoms with Crippen LogP contribution in [0.1, 0.15) is 30.0 Å². The van der Waals surface area contributed by atoms with Crippen molar-refractivity contribution < 1.29 is 33.3 Å². The molecule has 40 heavy (non-hydrogen) atoms.